The minimum atomic E-state index is -3.33. The van der Waals surface area contributed by atoms with Crippen LogP contribution >= 0.6 is 11.3 Å². The van der Waals surface area contributed by atoms with Crippen molar-refractivity contribution in [1.29, 1.82) is 0 Å². The molecule has 0 radical (unpaired) electrons. The van der Waals surface area contributed by atoms with Crippen molar-refractivity contribution >= 4 is 21.4 Å². The van der Waals surface area contributed by atoms with Gasteiger partial charge in [0.05, 0.1) is 6.61 Å². The van der Waals surface area contributed by atoms with Crippen LogP contribution in [0.1, 0.15) is 25.3 Å². The highest BCUT2D eigenvalue weighted by molar-refractivity contribution is 7.91. The van der Waals surface area contributed by atoms with Gasteiger partial charge < -0.3 is 10.1 Å². The van der Waals surface area contributed by atoms with Crippen molar-refractivity contribution in [1.82, 2.24) is 9.62 Å². The first kappa shape index (κ1) is 16.9. The average molecular weight is 332 g/mol. The summed E-state index contributed by atoms with van der Waals surface area (Å²) in [7, 11) is -1.67. The normalized spacial score (nSPS) is 20.2. The fraction of sp³-hybridized carbons (Fsp3) is 0.714. The van der Waals surface area contributed by atoms with Gasteiger partial charge in [-0.3, -0.25) is 0 Å². The highest BCUT2D eigenvalue weighted by Gasteiger charge is 2.33. The summed E-state index contributed by atoms with van der Waals surface area (Å²) >= 11 is 1.32. The lowest BCUT2D eigenvalue weighted by molar-refractivity contribution is 0.157. The Kier molecular flexibility index (Phi) is 6.19. The Morgan fingerprint density at radius 1 is 1.52 bits per heavy atom. The summed E-state index contributed by atoms with van der Waals surface area (Å²) in [6.07, 6.45) is 1.95. The molecule has 0 bridgehead atoms. The number of rotatable bonds is 8. The maximum Gasteiger partial charge on any atom is 0.252 e. The van der Waals surface area contributed by atoms with E-state index in [2.05, 4.69) is 12.2 Å². The van der Waals surface area contributed by atoms with Gasteiger partial charge in [-0.1, -0.05) is 6.92 Å². The van der Waals surface area contributed by atoms with Crippen LogP contribution in [0.5, 0.6) is 0 Å². The van der Waals surface area contributed by atoms with Crippen LogP contribution in [0.3, 0.4) is 0 Å². The zero-order valence-corrected chi connectivity index (χ0v) is 14.3. The number of ether oxygens (including phenoxy) is 1. The number of thiophene rings is 1. The lowest BCUT2D eigenvalue weighted by Gasteiger charge is -2.15. The van der Waals surface area contributed by atoms with Gasteiger partial charge in [0.25, 0.3) is 10.0 Å². The van der Waals surface area contributed by atoms with Crippen LogP contribution in [0.15, 0.2) is 15.7 Å². The van der Waals surface area contributed by atoms with Crippen molar-refractivity contribution in [3.63, 3.8) is 0 Å². The highest BCUT2D eigenvalue weighted by atomic mass is 32.2. The summed E-state index contributed by atoms with van der Waals surface area (Å²) in [6.45, 7) is 5.58. The predicted octanol–water partition coefficient (Wildman–Crippen LogP) is 1.90. The molecular weight excluding hydrogens is 308 g/mol. The lowest BCUT2D eigenvalue weighted by Crippen LogP contribution is -2.28. The quantitative estimate of drug-likeness (QED) is 0.739. The third-order valence-electron chi connectivity index (χ3n) is 3.63. The fourth-order valence-corrected chi connectivity index (χ4v) is 5.40. The number of methoxy groups -OCH3 is 1. The van der Waals surface area contributed by atoms with Gasteiger partial charge in [-0.05, 0) is 42.3 Å². The van der Waals surface area contributed by atoms with Crippen LogP contribution in [-0.2, 0) is 21.3 Å². The second-order valence-electron chi connectivity index (χ2n) is 5.42. The maximum atomic E-state index is 12.6. The average Bonchev–Trinajstić information content (AvgIpc) is 3.09. The van der Waals surface area contributed by atoms with Crippen LogP contribution in [0.2, 0.25) is 0 Å². The molecule has 2 heterocycles. The molecule has 0 amide bonds. The number of nitrogens with one attached hydrogen (secondary N) is 1. The molecule has 0 spiro atoms. The van der Waals surface area contributed by atoms with E-state index in [4.69, 9.17) is 4.74 Å². The zero-order chi connectivity index (χ0) is 15.3. The van der Waals surface area contributed by atoms with E-state index in [1.54, 1.807) is 17.5 Å². The molecule has 2 rings (SSSR count). The molecule has 0 saturated carbocycles. The number of hydrogen-bond acceptors (Lipinski definition) is 5. The van der Waals surface area contributed by atoms with Gasteiger partial charge in [-0.15, -0.1) is 11.3 Å². The van der Waals surface area contributed by atoms with Gasteiger partial charge in [-0.25, -0.2) is 8.42 Å². The van der Waals surface area contributed by atoms with Gasteiger partial charge in [0.15, 0.2) is 0 Å². The molecule has 5 nitrogen and oxygen atoms in total. The van der Waals surface area contributed by atoms with Gasteiger partial charge in [0.1, 0.15) is 4.21 Å². The zero-order valence-electron chi connectivity index (χ0n) is 12.7. The first-order valence-electron chi connectivity index (χ1n) is 7.35. The molecule has 7 heteroatoms. The Balaban J connectivity index is 2.00. The van der Waals surface area contributed by atoms with E-state index in [9.17, 15) is 8.42 Å². The SMILES string of the molecule is CCCNCc1csc(S(=O)(=O)N2CCC(COC)C2)c1. The van der Waals surface area contributed by atoms with E-state index < -0.39 is 10.0 Å². The molecule has 120 valence electrons. The van der Waals surface area contributed by atoms with Crippen molar-refractivity contribution in [2.24, 2.45) is 5.92 Å². The van der Waals surface area contributed by atoms with Crippen LogP contribution in [0.25, 0.3) is 0 Å². The van der Waals surface area contributed by atoms with E-state index in [0.717, 1.165) is 31.5 Å². The molecule has 1 unspecified atom stereocenters. The fourth-order valence-electron chi connectivity index (χ4n) is 2.51. The van der Waals surface area contributed by atoms with Crippen molar-refractivity contribution in [3.05, 3.63) is 17.0 Å². The number of hydrogen-bond donors (Lipinski definition) is 1. The molecule has 0 aromatic carbocycles. The maximum absolute atomic E-state index is 12.6. The van der Waals surface area contributed by atoms with Gasteiger partial charge in [-0.2, -0.15) is 4.31 Å². The predicted molar refractivity (Wildman–Crippen MR) is 85.1 cm³/mol. The van der Waals surface area contributed by atoms with Crippen LogP contribution in [0, 0.1) is 5.92 Å². The van der Waals surface area contributed by atoms with Crippen molar-refractivity contribution < 1.29 is 13.2 Å². The highest BCUT2D eigenvalue weighted by Crippen LogP contribution is 2.28. The molecule has 0 aliphatic carbocycles. The number of nitrogens with zero attached hydrogens (tertiary/aromatic N) is 1. The first-order valence-corrected chi connectivity index (χ1v) is 9.67. The molecular formula is C14H24N2O3S2. The van der Waals surface area contributed by atoms with Crippen LogP contribution < -0.4 is 5.32 Å². The minimum absolute atomic E-state index is 0.315. The molecule has 1 fully saturated rings. The molecule has 1 aliphatic rings. The van der Waals surface area contributed by atoms with E-state index >= 15 is 0 Å². The topological polar surface area (TPSA) is 58.6 Å². The Morgan fingerprint density at radius 2 is 2.33 bits per heavy atom. The third-order valence-corrected chi connectivity index (χ3v) is 6.96. The molecule has 1 aliphatic heterocycles. The van der Waals surface area contributed by atoms with E-state index in [-0.39, 0.29) is 0 Å². The van der Waals surface area contributed by atoms with E-state index in [1.807, 2.05) is 5.38 Å². The molecule has 1 N–H and O–H groups in total. The van der Waals surface area contributed by atoms with Gasteiger partial charge in [0.2, 0.25) is 0 Å². The Morgan fingerprint density at radius 3 is 3.05 bits per heavy atom. The summed E-state index contributed by atoms with van der Waals surface area (Å²) in [5.41, 5.74) is 1.04. The second-order valence-corrected chi connectivity index (χ2v) is 8.50. The van der Waals surface area contributed by atoms with Gasteiger partial charge in [0, 0.05) is 26.7 Å². The standard InChI is InChI=1S/C14H24N2O3S2/c1-3-5-15-8-13-7-14(20-11-13)21(17,18)16-6-4-12(9-16)10-19-2/h7,11-12,15H,3-6,8-10H2,1-2H3. The first-order chi connectivity index (χ1) is 10.1. The lowest BCUT2D eigenvalue weighted by atomic mass is 10.1. The molecule has 1 aromatic heterocycles. The third kappa shape index (κ3) is 4.26. The molecule has 1 atom stereocenters. The van der Waals surface area contributed by atoms with Crippen molar-refractivity contribution in [2.75, 3.05) is 33.4 Å². The van der Waals surface area contributed by atoms with Crippen molar-refractivity contribution in [2.45, 2.75) is 30.5 Å². The van der Waals surface area contributed by atoms with E-state index in [0.29, 0.717) is 29.8 Å². The smallest absolute Gasteiger partial charge is 0.252 e. The van der Waals surface area contributed by atoms with Crippen LogP contribution in [0.4, 0.5) is 0 Å². The summed E-state index contributed by atoms with van der Waals surface area (Å²) in [5.74, 6) is 0.315. The molecule has 21 heavy (non-hydrogen) atoms. The van der Waals surface area contributed by atoms with Crippen molar-refractivity contribution in [3.8, 4) is 0 Å². The largest absolute Gasteiger partial charge is 0.384 e. The summed E-state index contributed by atoms with van der Waals surface area (Å²) in [5, 5.41) is 5.22. The molecule has 1 aromatic rings. The Bertz CT molecular complexity index is 542. The summed E-state index contributed by atoms with van der Waals surface area (Å²) in [6, 6.07) is 1.80. The summed E-state index contributed by atoms with van der Waals surface area (Å²) < 4.78 is 32.4. The van der Waals surface area contributed by atoms with Crippen LogP contribution in [-0.4, -0.2) is 46.1 Å². The molecule has 1 saturated heterocycles. The second kappa shape index (κ2) is 7.69. The van der Waals surface area contributed by atoms with Gasteiger partial charge >= 0.3 is 0 Å². The minimum Gasteiger partial charge on any atom is -0.384 e. The Hall–Kier alpha value is -0.470. The number of sulfonamides is 1. The summed E-state index contributed by atoms with van der Waals surface area (Å²) in [4.78, 5) is 0. The van der Waals surface area contributed by atoms with E-state index in [1.165, 1.54) is 11.3 Å². The Labute approximate surface area is 131 Å². The monoisotopic (exact) mass is 332 g/mol.